The molecule has 0 saturated carbocycles. The first-order chi connectivity index (χ1) is 14.3. The van der Waals surface area contributed by atoms with E-state index in [1.165, 1.54) is 18.3 Å². The van der Waals surface area contributed by atoms with Crippen LogP contribution in [0, 0.1) is 0 Å². The molecule has 0 saturated heterocycles. The zero-order chi connectivity index (χ0) is 21.8. The lowest BCUT2D eigenvalue weighted by molar-refractivity contribution is 0.102. The third kappa shape index (κ3) is 4.37. The van der Waals surface area contributed by atoms with Crippen LogP contribution in [0.4, 0.5) is 11.6 Å². The molecule has 2 aromatic heterocycles. The summed E-state index contributed by atoms with van der Waals surface area (Å²) in [5.74, 6) is -0.391. The number of nitrogens with zero attached hydrogens (tertiary/aromatic N) is 4. The lowest BCUT2D eigenvalue weighted by atomic mass is 10.2. The van der Waals surface area contributed by atoms with Crippen molar-refractivity contribution in [3.05, 3.63) is 62.5 Å². The van der Waals surface area contributed by atoms with Gasteiger partial charge in [-0.25, -0.2) is 9.97 Å². The summed E-state index contributed by atoms with van der Waals surface area (Å²) in [6.45, 7) is 4.13. The molecule has 1 aromatic carbocycles. The van der Waals surface area contributed by atoms with Crippen LogP contribution >= 0.6 is 23.2 Å². The zero-order valence-electron chi connectivity index (χ0n) is 16.1. The van der Waals surface area contributed by atoms with E-state index in [1.807, 2.05) is 13.8 Å². The topological polar surface area (TPSA) is 125 Å². The summed E-state index contributed by atoms with van der Waals surface area (Å²) in [5.41, 5.74) is 5.53. The molecule has 0 spiro atoms. The molecule has 2 heterocycles. The number of carbonyl (C=O) groups excluding carboxylic acids is 1. The molecule has 3 N–H and O–H groups in total. The Morgan fingerprint density at radius 2 is 1.93 bits per heavy atom. The first-order valence-corrected chi connectivity index (χ1v) is 9.72. The van der Waals surface area contributed by atoms with Crippen LogP contribution in [-0.4, -0.2) is 32.0 Å². The van der Waals surface area contributed by atoms with E-state index in [0.717, 1.165) is 10.9 Å². The fourth-order valence-corrected chi connectivity index (χ4v) is 3.33. The fraction of sp³-hybridized carbons (Fsp3) is 0.211. The van der Waals surface area contributed by atoms with E-state index in [1.54, 1.807) is 6.20 Å². The molecule has 0 unspecified atom stereocenters. The van der Waals surface area contributed by atoms with Crippen LogP contribution in [0.3, 0.4) is 0 Å². The molecule has 0 aliphatic rings. The zero-order valence-corrected chi connectivity index (χ0v) is 17.7. The predicted octanol–water partition coefficient (Wildman–Crippen LogP) is 3.12. The van der Waals surface area contributed by atoms with Gasteiger partial charge in [0.05, 0.1) is 34.2 Å². The number of nitrogens with two attached hydrogens (primary N) is 1. The molecule has 0 fully saturated rings. The summed E-state index contributed by atoms with van der Waals surface area (Å²) in [6, 6.07) is 3.03. The van der Waals surface area contributed by atoms with E-state index >= 15 is 0 Å². The molecule has 0 aliphatic heterocycles. The van der Waals surface area contributed by atoms with Crippen LogP contribution in [-0.2, 0) is 6.42 Å². The Morgan fingerprint density at radius 1 is 1.23 bits per heavy atom. The van der Waals surface area contributed by atoms with Crippen LogP contribution in [0.1, 0.15) is 29.9 Å². The highest BCUT2D eigenvalue weighted by Gasteiger charge is 2.22. The Kier molecular flexibility index (Phi) is 6.53. The van der Waals surface area contributed by atoms with Crippen molar-refractivity contribution in [3.8, 4) is 11.4 Å². The van der Waals surface area contributed by atoms with Crippen LogP contribution in [0.15, 0.2) is 35.6 Å². The van der Waals surface area contributed by atoms with Gasteiger partial charge < -0.3 is 15.8 Å². The summed E-state index contributed by atoms with van der Waals surface area (Å²) in [7, 11) is 0. The van der Waals surface area contributed by atoms with Gasteiger partial charge in [-0.3, -0.25) is 19.1 Å². The number of halogens is 2. The second-order valence-electron chi connectivity index (χ2n) is 6.05. The number of nitrogen functional groups attached to an aromatic ring is 1. The molecule has 156 valence electrons. The van der Waals surface area contributed by atoms with E-state index in [-0.39, 0.29) is 32.9 Å². The Morgan fingerprint density at radius 3 is 2.57 bits per heavy atom. The van der Waals surface area contributed by atoms with Gasteiger partial charge in [-0.1, -0.05) is 30.1 Å². The number of benzene rings is 1. The summed E-state index contributed by atoms with van der Waals surface area (Å²) >= 11 is 12.6. The second kappa shape index (κ2) is 9.10. The van der Waals surface area contributed by atoms with Crippen LogP contribution in [0.2, 0.25) is 10.0 Å². The maximum absolute atomic E-state index is 13.1. The standard InChI is InChI=1S/C19H18Cl2N6O3/c1-3-10-7-23-8-14(25-10)26-18(28)15-17(22)24-9-27(19(15)29)16-12(20)5-11(30-4-2)6-13(16)21/h5-9H,3-4,22H2,1-2H3,(H,25,26,28). The molecule has 0 atom stereocenters. The smallest absolute Gasteiger partial charge is 0.273 e. The van der Waals surface area contributed by atoms with Gasteiger partial charge in [0.25, 0.3) is 11.5 Å². The molecule has 1 amide bonds. The number of aryl methyl sites for hydroxylation is 1. The van der Waals surface area contributed by atoms with Crippen LogP contribution in [0.5, 0.6) is 5.75 Å². The maximum Gasteiger partial charge on any atom is 0.273 e. The summed E-state index contributed by atoms with van der Waals surface area (Å²) in [6.07, 6.45) is 4.73. The van der Waals surface area contributed by atoms with Crippen molar-refractivity contribution in [2.24, 2.45) is 0 Å². The third-order valence-electron chi connectivity index (χ3n) is 4.06. The first-order valence-electron chi connectivity index (χ1n) is 8.97. The lowest BCUT2D eigenvalue weighted by Gasteiger charge is -2.14. The van der Waals surface area contributed by atoms with Crippen molar-refractivity contribution in [2.45, 2.75) is 20.3 Å². The Hall–Kier alpha value is -3.17. The number of aromatic nitrogens is 4. The van der Waals surface area contributed by atoms with E-state index < -0.39 is 11.5 Å². The van der Waals surface area contributed by atoms with E-state index in [0.29, 0.717) is 24.5 Å². The Labute approximate surface area is 181 Å². The fourth-order valence-electron chi connectivity index (χ4n) is 2.68. The average Bonchev–Trinajstić information content (AvgIpc) is 2.69. The van der Waals surface area contributed by atoms with Crippen LogP contribution < -0.4 is 21.3 Å². The van der Waals surface area contributed by atoms with Gasteiger partial charge in [0.15, 0.2) is 5.82 Å². The van der Waals surface area contributed by atoms with E-state index in [4.69, 9.17) is 33.7 Å². The highest BCUT2D eigenvalue weighted by Crippen LogP contribution is 2.32. The average molecular weight is 449 g/mol. The number of anilines is 2. The largest absolute Gasteiger partial charge is 0.494 e. The van der Waals surface area contributed by atoms with Gasteiger partial charge in [0, 0.05) is 18.3 Å². The van der Waals surface area contributed by atoms with Gasteiger partial charge in [0.2, 0.25) is 0 Å². The SMILES string of the molecule is CCOc1cc(Cl)c(-n2cnc(N)c(C(=O)Nc3cncc(CC)n3)c2=O)c(Cl)c1. The molecule has 0 radical (unpaired) electrons. The minimum Gasteiger partial charge on any atom is -0.494 e. The molecule has 3 aromatic rings. The van der Waals surface area contributed by atoms with Crippen molar-refractivity contribution in [1.29, 1.82) is 0 Å². The number of rotatable bonds is 6. The van der Waals surface area contributed by atoms with Gasteiger partial charge in [-0.15, -0.1) is 0 Å². The van der Waals surface area contributed by atoms with Gasteiger partial charge in [-0.2, -0.15) is 0 Å². The molecule has 11 heteroatoms. The second-order valence-corrected chi connectivity index (χ2v) is 6.87. The molecular weight excluding hydrogens is 431 g/mol. The summed E-state index contributed by atoms with van der Waals surface area (Å²) < 4.78 is 6.44. The number of nitrogens with one attached hydrogen (secondary N) is 1. The number of carbonyl (C=O) groups is 1. The first kappa shape index (κ1) is 21.5. The number of hydrogen-bond acceptors (Lipinski definition) is 7. The number of hydrogen-bond donors (Lipinski definition) is 2. The number of amides is 1. The van der Waals surface area contributed by atoms with Crippen molar-refractivity contribution >= 4 is 40.7 Å². The summed E-state index contributed by atoms with van der Waals surface area (Å²) in [4.78, 5) is 38.0. The third-order valence-corrected chi connectivity index (χ3v) is 4.63. The van der Waals surface area contributed by atoms with Gasteiger partial charge in [-0.05, 0) is 13.3 Å². The minimum atomic E-state index is -0.778. The van der Waals surface area contributed by atoms with Gasteiger partial charge in [0.1, 0.15) is 23.5 Å². The normalized spacial score (nSPS) is 10.7. The Bertz CT molecular complexity index is 1140. The molecular formula is C19H18Cl2N6O3. The molecule has 30 heavy (non-hydrogen) atoms. The summed E-state index contributed by atoms with van der Waals surface area (Å²) in [5, 5.41) is 2.81. The highest BCUT2D eigenvalue weighted by atomic mass is 35.5. The maximum atomic E-state index is 13.1. The number of ether oxygens (including phenoxy) is 1. The monoisotopic (exact) mass is 448 g/mol. The molecule has 9 nitrogen and oxygen atoms in total. The molecule has 0 aliphatic carbocycles. The quantitative estimate of drug-likeness (QED) is 0.592. The molecule has 3 rings (SSSR count). The Balaban J connectivity index is 2.04. The van der Waals surface area contributed by atoms with Crippen molar-refractivity contribution < 1.29 is 9.53 Å². The van der Waals surface area contributed by atoms with Gasteiger partial charge >= 0.3 is 0 Å². The lowest BCUT2D eigenvalue weighted by Crippen LogP contribution is -2.31. The minimum absolute atomic E-state index is 0.146. The van der Waals surface area contributed by atoms with Crippen LogP contribution in [0.25, 0.3) is 5.69 Å². The van der Waals surface area contributed by atoms with E-state index in [2.05, 4.69) is 20.3 Å². The molecule has 0 bridgehead atoms. The predicted molar refractivity (Wildman–Crippen MR) is 115 cm³/mol. The van der Waals surface area contributed by atoms with E-state index in [9.17, 15) is 9.59 Å². The highest BCUT2D eigenvalue weighted by molar-refractivity contribution is 6.38. The van der Waals surface area contributed by atoms with Crippen molar-refractivity contribution in [2.75, 3.05) is 17.7 Å². The van der Waals surface area contributed by atoms with Crippen molar-refractivity contribution in [1.82, 2.24) is 19.5 Å². The van der Waals surface area contributed by atoms with Crippen molar-refractivity contribution in [3.63, 3.8) is 0 Å².